The molecule has 0 spiro atoms. The summed E-state index contributed by atoms with van der Waals surface area (Å²) in [7, 11) is 0. The summed E-state index contributed by atoms with van der Waals surface area (Å²) in [5.41, 5.74) is -0.688. The summed E-state index contributed by atoms with van der Waals surface area (Å²) in [6, 6.07) is 0. The fourth-order valence-corrected chi connectivity index (χ4v) is 2.81. The Morgan fingerprint density at radius 3 is 2.72 bits per heavy atom. The zero-order valence-electron chi connectivity index (χ0n) is 14.0. The van der Waals surface area contributed by atoms with Gasteiger partial charge in [0, 0.05) is 38.6 Å². The maximum atomic E-state index is 12.8. The second kappa shape index (κ2) is 7.58. The lowest BCUT2D eigenvalue weighted by atomic mass is 10.2. The van der Waals surface area contributed by atoms with Crippen LogP contribution in [0.25, 0.3) is 11.2 Å². The van der Waals surface area contributed by atoms with E-state index in [1.807, 2.05) is 0 Å². The van der Waals surface area contributed by atoms with Crippen molar-refractivity contribution in [3.8, 4) is 5.75 Å². The number of carbonyl (C=O) groups is 1. The minimum atomic E-state index is -0.863. The van der Waals surface area contributed by atoms with Crippen LogP contribution in [0.2, 0.25) is 0 Å². The third kappa shape index (κ3) is 3.47. The van der Waals surface area contributed by atoms with Crippen LogP contribution < -0.4 is 5.56 Å². The Bertz CT molecular complexity index is 829. The van der Waals surface area contributed by atoms with Crippen LogP contribution in [0, 0.1) is 0 Å². The number of aromatic nitrogens is 3. The summed E-state index contributed by atoms with van der Waals surface area (Å²) < 4.78 is 11.6. The van der Waals surface area contributed by atoms with E-state index in [1.54, 1.807) is 6.92 Å². The Labute approximate surface area is 143 Å². The van der Waals surface area contributed by atoms with Crippen molar-refractivity contribution < 1.29 is 19.4 Å². The first kappa shape index (κ1) is 17.3. The predicted molar refractivity (Wildman–Crippen MR) is 88.7 cm³/mol. The van der Waals surface area contributed by atoms with Gasteiger partial charge in [0.05, 0.1) is 19.8 Å². The van der Waals surface area contributed by atoms with Crippen molar-refractivity contribution in [2.45, 2.75) is 13.5 Å². The lowest BCUT2D eigenvalue weighted by molar-refractivity contribution is 0.0364. The van der Waals surface area contributed by atoms with Gasteiger partial charge in [-0.2, -0.15) is 0 Å². The quantitative estimate of drug-likeness (QED) is 0.753. The Morgan fingerprint density at radius 2 is 2.00 bits per heavy atom. The molecule has 9 heteroatoms. The first-order valence-electron chi connectivity index (χ1n) is 8.17. The number of morpholine rings is 1. The molecule has 0 unspecified atom stereocenters. The fourth-order valence-electron chi connectivity index (χ4n) is 2.81. The topological polar surface area (TPSA) is 107 Å². The van der Waals surface area contributed by atoms with Gasteiger partial charge in [0.1, 0.15) is 5.52 Å². The molecule has 3 heterocycles. The second-order valence-corrected chi connectivity index (χ2v) is 5.58. The fraction of sp³-hybridized carbons (Fsp3) is 0.500. The van der Waals surface area contributed by atoms with Gasteiger partial charge in [-0.25, -0.2) is 14.8 Å². The molecule has 0 aliphatic carbocycles. The Morgan fingerprint density at radius 1 is 1.28 bits per heavy atom. The molecule has 1 N–H and O–H groups in total. The largest absolute Gasteiger partial charge is 0.505 e. The number of fused-ring (bicyclic) bond motifs is 1. The van der Waals surface area contributed by atoms with Gasteiger partial charge in [-0.3, -0.25) is 14.3 Å². The smallest absolute Gasteiger partial charge is 0.347 e. The molecule has 0 saturated carbocycles. The average Bonchev–Trinajstić information content (AvgIpc) is 2.63. The van der Waals surface area contributed by atoms with Crippen LogP contribution >= 0.6 is 0 Å². The Balaban J connectivity index is 2.03. The molecular formula is C16H20N4O5. The van der Waals surface area contributed by atoms with Crippen LogP contribution in [-0.2, 0) is 16.0 Å². The van der Waals surface area contributed by atoms with Crippen LogP contribution in [0.15, 0.2) is 17.2 Å². The van der Waals surface area contributed by atoms with E-state index >= 15 is 0 Å². The number of aromatic hydroxyl groups is 1. The number of rotatable bonds is 5. The normalized spacial score (nSPS) is 15.4. The van der Waals surface area contributed by atoms with E-state index in [9.17, 15) is 14.7 Å². The predicted octanol–water partition coefficient (Wildman–Crippen LogP) is 0.00600. The molecule has 0 atom stereocenters. The SMILES string of the molecule is CCOC(=O)c1c(O)c2nccnc2n(CCN2CCOCC2)c1=O. The summed E-state index contributed by atoms with van der Waals surface area (Å²) in [4.78, 5) is 35.3. The third-order valence-corrected chi connectivity index (χ3v) is 4.08. The summed E-state index contributed by atoms with van der Waals surface area (Å²) >= 11 is 0. The molecule has 1 aliphatic heterocycles. The lowest BCUT2D eigenvalue weighted by Gasteiger charge is -2.26. The average molecular weight is 348 g/mol. The first-order valence-corrected chi connectivity index (χ1v) is 8.17. The van der Waals surface area contributed by atoms with Gasteiger partial charge < -0.3 is 14.6 Å². The summed E-state index contributed by atoms with van der Waals surface area (Å²) in [6.07, 6.45) is 2.84. The van der Waals surface area contributed by atoms with Crippen molar-refractivity contribution in [3.63, 3.8) is 0 Å². The van der Waals surface area contributed by atoms with E-state index in [0.717, 1.165) is 13.1 Å². The van der Waals surface area contributed by atoms with E-state index in [0.29, 0.717) is 26.3 Å². The van der Waals surface area contributed by atoms with Gasteiger partial charge in [0.2, 0.25) is 0 Å². The van der Waals surface area contributed by atoms with Crippen LogP contribution in [0.1, 0.15) is 17.3 Å². The van der Waals surface area contributed by atoms with Gasteiger partial charge in [-0.1, -0.05) is 0 Å². The zero-order valence-corrected chi connectivity index (χ0v) is 14.0. The van der Waals surface area contributed by atoms with E-state index < -0.39 is 22.8 Å². The highest BCUT2D eigenvalue weighted by atomic mass is 16.5. The molecule has 0 bridgehead atoms. The van der Waals surface area contributed by atoms with Gasteiger partial charge in [-0.05, 0) is 6.92 Å². The monoisotopic (exact) mass is 348 g/mol. The number of hydrogen-bond acceptors (Lipinski definition) is 8. The van der Waals surface area contributed by atoms with Gasteiger partial charge in [0.25, 0.3) is 5.56 Å². The molecule has 134 valence electrons. The van der Waals surface area contributed by atoms with Gasteiger partial charge >= 0.3 is 5.97 Å². The molecule has 25 heavy (non-hydrogen) atoms. The summed E-state index contributed by atoms with van der Waals surface area (Å²) in [5.74, 6) is -1.35. The van der Waals surface area contributed by atoms with Crippen LogP contribution in [-0.4, -0.2) is 70.0 Å². The molecule has 0 amide bonds. The number of hydrogen-bond donors (Lipinski definition) is 1. The van der Waals surface area contributed by atoms with Crippen molar-refractivity contribution in [2.75, 3.05) is 39.5 Å². The minimum absolute atomic E-state index is 0.101. The van der Waals surface area contributed by atoms with Crippen molar-refractivity contribution in [3.05, 3.63) is 28.3 Å². The highest BCUT2D eigenvalue weighted by Gasteiger charge is 2.25. The molecule has 3 rings (SSSR count). The zero-order chi connectivity index (χ0) is 17.8. The Hall–Kier alpha value is -2.52. The van der Waals surface area contributed by atoms with Crippen molar-refractivity contribution in [1.29, 1.82) is 0 Å². The van der Waals surface area contributed by atoms with Crippen LogP contribution in [0.4, 0.5) is 0 Å². The number of nitrogens with zero attached hydrogens (tertiary/aromatic N) is 4. The highest BCUT2D eigenvalue weighted by Crippen LogP contribution is 2.23. The minimum Gasteiger partial charge on any atom is -0.505 e. The van der Waals surface area contributed by atoms with E-state index in [-0.39, 0.29) is 17.8 Å². The molecule has 2 aromatic heterocycles. The number of ether oxygens (including phenoxy) is 2. The van der Waals surface area contributed by atoms with Crippen molar-refractivity contribution in [2.24, 2.45) is 0 Å². The molecule has 0 radical (unpaired) electrons. The standard InChI is InChI=1S/C16H20N4O5/c1-2-25-16(23)11-13(21)12-14(18-4-3-17-12)20(15(11)22)6-5-19-7-9-24-10-8-19/h3-4,21H,2,5-10H2,1H3. The van der Waals surface area contributed by atoms with Gasteiger partial charge in [0.15, 0.2) is 17.0 Å². The van der Waals surface area contributed by atoms with E-state index in [2.05, 4.69) is 14.9 Å². The maximum absolute atomic E-state index is 12.8. The number of carbonyl (C=O) groups excluding carboxylic acids is 1. The maximum Gasteiger partial charge on any atom is 0.347 e. The van der Waals surface area contributed by atoms with Crippen LogP contribution in [0.3, 0.4) is 0 Å². The molecular weight excluding hydrogens is 328 g/mol. The molecule has 0 aromatic carbocycles. The number of esters is 1. The molecule has 1 fully saturated rings. The summed E-state index contributed by atoms with van der Waals surface area (Å²) in [6.45, 7) is 5.51. The van der Waals surface area contributed by atoms with E-state index in [1.165, 1.54) is 17.0 Å². The van der Waals surface area contributed by atoms with Crippen LogP contribution in [0.5, 0.6) is 5.75 Å². The Kier molecular flexibility index (Phi) is 5.25. The number of pyridine rings is 1. The second-order valence-electron chi connectivity index (χ2n) is 5.58. The van der Waals surface area contributed by atoms with Crippen molar-refractivity contribution >= 4 is 17.1 Å². The van der Waals surface area contributed by atoms with E-state index in [4.69, 9.17) is 9.47 Å². The molecule has 1 saturated heterocycles. The molecule has 1 aliphatic rings. The summed E-state index contributed by atoms with van der Waals surface area (Å²) in [5, 5.41) is 10.3. The molecule has 2 aromatic rings. The molecule has 9 nitrogen and oxygen atoms in total. The van der Waals surface area contributed by atoms with Gasteiger partial charge in [-0.15, -0.1) is 0 Å². The third-order valence-electron chi connectivity index (χ3n) is 4.08. The highest BCUT2D eigenvalue weighted by molar-refractivity contribution is 5.97. The first-order chi connectivity index (χ1) is 12.1. The van der Waals surface area contributed by atoms with Crippen molar-refractivity contribution in [1.82, 2.24) is 19.4 Å². The lowest BCUT2D eigenvalue weighted by Crippen LogP contribution is -2.40.